The molecule has 0 atom stereocenters. The highest BCUT2D eigenvalue weighted by molar-refractivity contribution is 7.10. The molecule has 1 aliphatic rings. The summed E-state index contributed by atoms with van der Waals surface area (Å²) in [6, 6.07) is 11.5. The predicted molar refractivity (Wildman–Crippen MR) is 95.1 cm³/mol. The van der Waals surface area contributed by atoms with Gasteiger partial charge >= 0.3 is 6.09 Å². The molecule has 25 heavy (non-hydrogen) atoms. The molecule has 1 saturated heterocycles. The highest BCUT2D eigenvalue weighted by Crippen LogP contribution is 2.28. The van der Waals surface area contributed by atoms with Gasteiger partial charge in [-0.05, 0) is 11.6 Å². The fourth-order valence-corrected chi connectivity index (χ4v) is 3.06. The van der Waals surface area contributed by atoms with Crippen LogP contribution in [0.25, 0.3) is 0 Å². The molecule has 130 valence electrons. The lowest BCUT2D eigenvalue weighted by atomic mass is 10.2. The van der Waals surface area contributed by atoms with Gasteiger partial charge in [0.05, 0.1) is 18.1 Å². The predicted octanol–water partition coefficient (Wildman–Crippen LogP) is 3.46. The first kappa shape index (κ1) is 17.5. The van der Waals surface area contributed by atoms with Crippen LogP contribution in [-0.4, -0.2) is 25.9 Å². The monoisotopic (exact) mass is 357 g/mol. The van der Waals surface area contributed by atoms with Gasteiger partial charge in [-0.25, -0.2) is 4.79 Å². The van der Waals surface area contributed by atoms with E-state index in [0.29, 0.717) is 26.2 Å². The van der Waals surface area contributed by atoms with E-state index in [0.717, 1.165) is 16.0 Å². The molecule has 0 aliphatic carbocycles. The normalized spacial score (nSPS) is 13.9. The minimum Gasteiger partial charge on any atom is -0.445 e. The second-order valence-corrected chi connectivity index (χ2v) is 6.29. The third-order valence-electron chi connectivity index (χ3n) is 3.44. The average Bonchev–Trinajstić information content (AvgIpc) is 3.32. The van der Waals surface area contributed by atoms with Crippen molar-refractivity contribution in [1.82, 2.24) is 5.32 Å². The number of hydrogen-bond acceptors (Lipinski definition) is 5. The second kappa shape index (κ2) is 9.23. The zero-order valence-electron chi connectivity index (χ0n) is 13.7. The molecular weight excluding hydrogens is 338 g/mol. The summed E-state index contributed by atoms with van der Waals surface area (Å²) in [5.41, 5.74) is 1.90. The number of hydrogen-bond donors (Lipinski definition) is 1. The van der Waals surface area contributed by atoms with Gasteiger partial charge in [0.2, 0.25) is 0 Å². The van der Waals surface area contributed by atoms with Crippen molar-refractivity contribution < 1.29 is 19.0 Å². The van der Waals surface area contributed by atoms with Crippen LogP contribution in [0.1, 0.15) is 28.7 Å². The first-order valence-corrected chi connectivity index (χ1v) is 8.94. The van der Waals surface area contributed by atoms with E-state index >= 15 is 0 Å². The Morgan fingerprint density at radius 2 is 2.08 bits per heavy atom. The summed E-state index contributed by atoms with van der Waals surface area (Å²) < 4.78 is 16.0. The Morgan fingerprint density at radius 1 is 1.28 bits per heavy atom. The van der Waals surface area contributed by atoms with E-state index in [2.05, 4.69) is 17.2 Å². The number of rotatable bonds is 5. The summed E-state index contributed by atoms with van der Waals surface area (Å²) in [7, 11) is 0. The van der Waals surface area contributed by atoms with Gasteiger partial charge in [-0.2, -0.15) is 0 Å². The van der Waals surface area contributed by atoms with Crippen molar-refractivity contribution in [2.75, 3.05) is 19.8 Å². The van der Waals surface area contributed by atoms with Gasteiger partial charge in [-0.3, -0.25) is 0 Å². The van der Waals surface area contributed by atoms with Gasteiger partial charge in [-0.1, -0.05) is 42.2 Å². The van der Waals surface area contributed by atoms with E-state index in [1.165, 1.54) is 0 Å². The molecule has 1 aromatic heterocycles. The summed E-state index contributed by atoms with van der Waals surface area (Å²) in [4.78, 5) is 12.6. The Kier molecular flexibility index (Phi) is 6.46. The number of amides is 1. The summed E-state index contributed by atoms with van der Waals surface area (Å²) in [6.45, 7) is 1.99. The molecule has 0 spiro atoms. The fraction of sp³-hybridized carbons (Fsp3) is 0.316. The third-order valence-corrected chi connectivity index (χ3v) is 4.39. The van der Waals surface area contributed by atoms with Crippen molar-refractivity contribution in [2.45, 2.75) is 19.3 Å². The van der Waals surface area contributed by atoms with E-state index in [4.69, 9.17) is 14.2 Å². The van der Waals surface area contributed by atoms with Gasteiger partial charge in [0.1, 0.15) is 6.61 Å². The van der Waals surface area contributed by atoms with E-state index < -0.39 is 6.09 Å². The minimum absolute atomic E-state index is 0.249. The van der Waals surface area contributed by atoms with Crippen molar-refractivity contribution in [1.29, 1.82) is 0 Å². The van der Waals surface area contributed by atoms with Gasteiger partial charge in [0, 0.05) is 23.9 Å². The summed E-state index contributed by atoms with van der Waals surface area (Å²) in [5.74, 6) is 6.12. The Balaban J connectivity index is 1.34. The number of nitrogens with one attached hydrogen (secondary N) is 1. The van der Waals surface area contributed by atoms with Gasteiger partial charge < -0.3 is 19.5 Å². The summed E-state index contributed by atoms with van der Waals surface area (Å²) in [5, 5.41) is 4.67. The first-order chi connectivity index (χ1) is 12.3. The van der Waals surface area contributed by atoms with Gasteiger partial charge in [-0.15, -0.1) is 11.3 Å². The van der Waals surface area contributed by atoms with Crippen LogP contribution in [-0.2, 0) is 20.8 Å². The van der Waals surface area contributed by atoms with Crippen LogP contribution in [0, 0.1) is 11.8 Å². The van der Waals surface area contributed by atoms with Crippen LogP contribution >= 0.6 is 11.3 Å². The van der Waals surface area contributed by atoms with Crippen LogP contribution in [0.3, 0.4) is 0 Å². The van der Waals surface area contributed by atoms with Crippen LogP contribution in [0.4, 0.5) is 4.79 Å². The lowest BCUT2D eigenvalue weighted by Crippen LogP contribution is -2.24. The largest absolute Gasteiger partial charge is 0.445 e. The maximum Gasteiger partial charge on any atom is 0.407 e. The van der Waals surface area contributed by atoms with Gasteiger partial charge in [0.15, 0.2) is 6.29 Å². The molecule has 0 bridgehead atoms. The molecule has 5 nitrogen and oxygen atoms in total. The molecule has 1 N–H and O–H groups in total. The molecule has 1 aliphatic heterocycles. The number of carbonyl (C=O) groups is 1. The van der Waals surface area contributed by atoms with Crippen LogP contribution in [0.2, 0.25) is 0 Å². The molecule has 0 radical (unpaired) electrons. The van der Waals surface area contributed by atoms with Crippen molar-refractivity contribution in [3.05, 3.63) is 57.8 Å². The Labute approximate surface area is 150 Å². The zero-order valence-corrected chi connectivity index (χ0v) is 14.5. The Bertz CT molecular complexity index is 742. The Morgan fingerprint density at radius 3 is 2.88 bits per heavy atom. The molecule has 0 unspecified atom stereocenters. The maximum atomic E-state index is 11.6. The first-order valence-electron chi connectivity index (χ1n) is 8.06. The lowest BCUT2D eigenvalue weighted by Gasteiger charge is -2.05. The molecule has 2 heterocycles. The zero-order chi connectivity index (χ0) is 17.3. The third kappa shape index (κ3) is 5.61. The fourth-order valence-electron chi connectivity index (χ4n) is 2.23. The molecule has 0 saturated carbocycles. The number of alkyl carbamates (subject to hydrolysis) is 1. The molecule has 1 amide bonds. The van der Waals surface area contributed by atoms with Crippen molar-refractivity contribution in [3.8, 4) is 11.8 Å². The molecule has 6 heteroatoms. The van der Waals surface area contributed by atoms with Crippen molar-refractivity contribution in [3.63, 3.8) is 0 Å². The quantitative estimate of drug-likeness (QED) is 0.658. The van der Waals surface area contributed by atoms with E-state index in [9.17, 15) is 4.79 Å². The van der Waals surface area contributed by atoms with Crippen LogP contribution < -0.4 is 5.32 Å². The van der Waals surface area contributed by atoms with Crippen molar-refractivity contribution >= 4 is 17.4 Å². The van der Waals surface area contributed by atoms with Crippen molar-refractivity contribution in [2.24, 2.45) is 0 Å². The van der Waals surface area contributed by atoms with Crippen LogP contribution in [0.15, 0.2) is 41.8 Å². The van der Waals surface area contributed by atoms with Crippen LogP contribution in [0.5, 0.6) is 0 Å². The number of ether oxygens (including phenoxy) is 3. The lowest BCUT2D eigenvalue weighted by molar-refractivity contribution is -0.0413. The summed E-state index contributed by atoms with van der Waals surface area (Å²) >= 11 is 1.58. The standard InChI is InChI=1S/C19H19NO4S/c21-19(24-13-15-6-2-1-3-7-15)20-9-5-4-8-16-12-17(25-14-16)18-22-10-11-23-18/h1-3,6-7,12,14,18H,5,9-11,13H2,(H,20,21). The molecule has 1 fully saturated rings. The second-order valence-electron chi connectivity index (χ2n) is 5.35. The SMILES string of the molecule is O=C(NCCC#Cc1csc(C2OCCO2)c1)OCc1ccccc1. The smallest absolute Gasteiger partial charge is 0.407 e. The average molecular weight is 357 g/mol. The number of carbonyl (C=O) groups excluding carboxylic acids is 1. The van der Waals surface area contributed by atoms with E-state index in [1.807, 2.05) is 41.8 Å². The van der Waals surface area contributed by atoms with E-state index in [-0.39, 0.29) is 12.9 Å². The number of thiophene rings is 1. The topological polar surface area (TPSA) is 56.8 Å². The molecule has 3 rings (SSSR count). The highest BCUT2D eigenvalue weighted by atomic mass is 32.1. The number of benzene rings is 1. The molecule has 1 aromatic carbocycles. The molecular formula is C19H19NO4S. The maximum absolute atomic E-state index is 11.6. The highest BCUT2D eigenvalue weighted by Gasteiger charge is 2.19. The Hall–Kier alpha value is -2.33. The molecule has 2 aromatic rings. The van der Waals surface area contributed by atoms with E-state index in [1.54, 1.807) is 11.3 Å². The summed E-state index contributed by atoms with van der Waals surface area (Å²) in [6.07, 6.45) is -0.122. The minimum atomic E-state index is -0.431. The van der Waals surface area contributed by atoms with Gasteiger partial charge in [0.25, 0.3) is 0 Å².